The Bertz CT molecular complexity index is 960. The number of likely N-dealkylation sites (N-methyl/N-ethyl adjacent to an activating group) is 1. The number of hydrogen-bond acceptors (Lipinski definition) is 6. The van der Waals surface area contributed by atoms with Crippen molar-refractivity contribution in [3.05, 3.63) is 48.0 Å². The number of hydrogen-bond donors (Lipinski definition) is 2. The number of ether oxygens (including phenoxy) is 2. The third-order valence-electron chi connectivity index (χ3n) is 4.53. The van der Waals surface area contributed by atoms with Crippen LogP contribution in [0.5, 0.6) is 11.5 Å². The van der Waals surface area contributed by atoms with Crippen molar-refractivity contribution in [3.63, 3.8) is 0 Å². The van der Waals surface area contributed by atoms with Crippen LogP contribution in [0.25, 0.3) is 0 Å². The summed E-state index contributed by atoms with van der Waals surface area (Å²) >= 11 is 0. The molecule has 0 fully saturated rings. The van der Waals surface area contributed by atoms with Gasteiger partial charge >= 0.3 is 0 Å². The van der Waals surface area contributed by atoms with Crippen molar-refractivity contribution in [2.75, 3.05) is 25.6 Å². The zero-order valence-corrected chi connectivity index (χ0v) is 16.5. The number of amides is 1. The van der Waals surface area contributed by atoms with E-state index in [4.69, 9.17) is 14.6 Å². The lowest BCUT2D eigenvalue weighted by Crippen LogP contribution is -2.39. The summed E-state index contributed by atoms with van der Waals surface area (Å²) in [7, 11) is -1.91. The van der Waals surface area contributed by atoms with Gasteiger partial charge in [-0.2, -0.15) is 0 Å². The van der Waals surface area contributed by atoms with E-state index in [1.165, 1.54) is 24.3 Å². The third-order valence-corrected chi connectivity index (χ3v) is 5.46. The van der Waals surface area contributed by atoms with E-state index in [0.29, 0.717) is 31.2 Å². The second-order valence-corrected chi connectivity index (χ2v) is 8.19. The van der Waals surface area contributed by atoms with Gasteiger partial charge in [-0.1, -0.05) is 6.07 Å². The first-order valence-electron chi connectivity index (χ1n) is 8.76. The Balaban J connectivity index is 1.61. The number of nitrogens with two attached hydrogens (primary N) is 1. The van der Waals surface area contributed by atoms with Crippen LogP contribution >= 0.6 is 0 Å². The maximum atomic E-state index is 12.5. The number of benzene rings is 2. The predicted octanol–water partition coefficient (Wildman–Crippen LogP) is 1.56. The molecule has 28 heavy (non-hydrogen) atoms. The molecule has 1 heterocycles. The van der Waals surface area contributed by atoms with E-state index in [1.54, 1.807) is 6.92 Å². The Hall–Kier alpha value is -2.62. The van der Waals surface area contributed by atoms with Gasteiger partial charge in [0.2, 0.25) is 15.9 Å². The molecular weight excluding hydrogens is 382 g/mol. The van der Waals surface area contributed by atoms with Crippen LogP contribution in [0.4, 0.5) is 5.69 Å². The van der Waals surface area contributed by atoms with Gasteiger partial charge in [-0.15, -0.1) is 0 Å². The van der Waals surface area contributed by atoms with Crippen molar-refractivity contribution in [1.29, 1.82) is 0 Å². The quantitative estimate of drug-likeness (QED) is 0.755. The Kier molecular flexibility index (Phi) is 5.87. The fraction of sp³-hybridized carbons (Fsp3) is 0.316. The summed E-state index contributed by atoms with van der Waals surface area (Å²) in [6.07, 6.45) is 0. The highest BCUT2D eigenvalue weighted by Gasteiger charge is 2.20. The Labute approximate surface area is 164 Å². The van der Waals surface area contributed by atoms with Crippen LogP contribution in [0.1, 0.15) is 12.5 Å². The number of nitrogens with zero attached hydrogens (tertiary/aromatic N) is 1. The maximum absolute atomic E-state index is 12.5. The highest BCUT2D eigenvalue weighted by atomic mass is 32.2. The summed E-state index contributed by atoms with van der Waals surface area (Å²) in [6.45, 7) is 3.42. The molecule has 0 saturated heterocycles. The lowest BCUT2D eigenvalue weighted by molar-refractivity contribution is -0.120. The minimum atomic E-state index is -3.76. The molecule has 1 aliphatic heterocycles. The molecule has 0 aromatic heterocycles. The van der Waals surface area contributed by atoms with Gasteiger partial charge in [0, 0.05) is 12.2 Å². The topological polar surface area (TPSA) is 111 Å². The summed E-state index contributed by atoms with van der Waals surface area (Å²) in [5.41, 5.74) is 1.50. The number of carbonyl (C=O) groups is 1. The first-order chi connectivity index (χ1) is 13.2. The minimum Gasteiger partial charge on any atom is -0.486 e. The predicted molar refractivity (Wildman–Crippen MR) is 105 cm³/mol. The molecule has 3 rings (SSSR count). The second kappa shape index (κ2) is 8.17. The molecule has 9 heteroatoms. The van der Waals surface area contributed by atoms with Crippen LogP contribution in [0.3, 0.4) is 0 Å². The van der Waals surface area contributed by atoms with Gasteiger partial charge in [-0.05, 0) is 55.9 Å². The van der Waals surface area contributed by atoms with Gasteiger partial charge in [0.25, 0.3) is 0 Å². The van der Waals surface area contributed by atoms with Gasteiger partial charge in [0.15, 0.2) is 11.5 Å². The largest absolute Gasteiger partial charge is 0.486 e. The van der Waals surface area contributed by atoms with Crippen molar-refractivity contribution in [2.45, 2.75) is 24.4 Å². The summed E-state index contributed by atoms with van der Waals surface area (Å²) in [4.78, 5) is 14.4. The molecule has 150 valence electrons. The molecule has 2 aromatic carbocycles. The fourth-order valence-corrected chi connectivity index (χ4v) is 3.30. The van der Waals surface area contributed by atoms with E-state index in [0.717, 1.165) is 11.3 Å². The number of nitrogens with one attached hydrogen (secondary N) is 1. The zero-order chi connectivity index (χ0) is 20.3. The molecular formula is C19H23N3O5S. The molecule has 0 saturated carbocycles. The zero-order valence-electron chi connectivity index (χ0n) is 15.7. The van der Waals surface area contributed by atoms with Crippen molar-refractivity contribution < 1.29 is 22.7 Å². The van der Waals surface area contributed by atoms with Crippen molar-refractivity contribution in [2.24, 2.45) is 5.14 Å². The van der Waals surface area contributed by atoms with Gasteiger partial charge in [0.1, 0.15) is 13.2 Å². The van der Waals surface area contributed by atoms with Gasteiger partial charge in [-0.25, -0.2) is 13.6 Å². The number of carbonyl (C=O) groups excluding carboxylic acids is 1. The molecule has 1 amide bonds. The van der Waals surface area contributed by atoms with Crippen LogP contribution in [0.2, 0.25) is 0 Å². The van der Waals surface area contributed by atoms with Crippen molar-refractivity contribution in [3.8, 4) is 11.5 Å². The van der Waals surface area contributed by atoms with Crippen LogP contribution in [0, 0.1) is 0 Å². The van der Waals surface area contributed by atoms with E-state index in [9.17, 15) is 13.2 Å². The molecule has 1 aliphatic rings. The summed E-state index contributed by atoms with van der Waals surface area (Å²) in [5.74, 6) is 1.24. The third kappa shape index (κ3) is 4.80. The lowest BCUT2D eigenvalue weighted by atomic mass is 10.1. The Morgan fingerprint density at radius 3 is 2.43 bits per heavy atom. The summed E-state index contributed by atoms with van der Waals surface area (Å²) < 4.78 is 33.7. The smallest absolute Gasteiger partial charge is 0.241 e. The molecule has 1 atom stereocenters. The van der Waals surface area contributed by atoms with E-state index in [-0.39, 0.29) is 10.8 Å². The average Bonchev–Trinajstić information content (AvgIpc) is 2.67. The van der Waals surface area contributed by atoms with E-state index in [2.05, 4.69) is 5.32 Å². The second-order valence-electron chi connectivity index (χ2n) is 6.63. The molecule has 0 aliphatic carbocycles. The van der Waals surface area contributed by atoms with Crippen molar-refractivity contribution >= 4 is 21.6 Å². The Morgan fingerprint density at radius 2 is 1.79 bits per heavy atom. The summed E-state index contributed by atoms with van der Waals surface area (Å²) in [6, 6.07) is 11.0. The SMILES string of the molecule is C[C@@H](C(=O)Nc1ccc(S(N)(=O)=O)cc1)N(C)Cc1ccc2c(c1)OCCO2. The molecule has 8 nitrogen and oxygen atoms in total. The molecule has 3 N–H and O–H groups in total. The molecule has 2 aromatic rings. The number of rotatable bonds is 6. The standard InChI is InChI=1S/C19H23N3O5S/c1-13(19(23)21-15-4-6-16(7-5-15)28(20,24)25)22(2)12-14-3-8-17-18(11-14)27-10-9-26-17/h3-8,11,13H,9-10,12H2,1-2H3,(H,21,23)(H2,20,24,25)/t13-/m0/s1. The number of anilines is 1. The number of sulfonamides is 1. The van der Waals surface area contributed by atoms with Crippen molar-refractivity contribution in [1.82, 2.24) is 4.90 Å². The monoisotopic (exact) mass is 405 g/mol. The van der Waals surface area contributed by atoms with E-state index in [1.807, 2.05) is 30.1 Å². The number of primary sulfonamides is 1. The minimum absolute atomic E-state index is 0.00530. The molecule has 0 radical (unpaired) electrons. The Morgan fingerprint density at radius 1 is 1.14 bits per heavy atom. The number of fused-ring (bicyclic) bond motifs is 1. The average molecular weight is 405 g/mol. The normalized spacial score (nSPS) is 14.6. The van der Waals surface area contributed by atoms with E-state index < -0.39 is 16.1 Å². The highest BCUT2D eigenvalue weighted by molar-refractivity contribution is 7.89. The van der Waals surface area contributed by atoms with Crippen LogP contribution in [-0.4, -0.2) is 45.5 Å². The van der Waals surface area contributed by atoms with Gasteiger partial charge in [-0.3, -0.25) is 9.69 Å². The first-order valence-corrected chi connectivity index (χ1v) is 10.3. The molecule has 0 spiro atoms. The lowest BCUT2D eigenvalue weighted by Gasteiger charge is -2.25. The summed E-state index contributed by atoms with van der Waals surface area (Å²) in [5, 5.41) is 7.85. The maximum Gasteiger partial charge on any atom is 0.241 e. The first kappa shape index (κ1) is 20.1. The van der Waals surface area contributed by atoms with Crippen LogP contribution in [0.15, 0.2) is 47.4 Å². The van der Waals surface area contributed by atoms with Crippen LogP contribution in [-0.2, 0) is 21.4 Å². The van der Waals surface area contributed by atoms with Gasteiger partial charge in [0.05, 0.1) is 10.9 Å². The van der Waals surface area contributed by atoms with Crippen LogP contribution < -0.4 is 19.9 Å². The molecule has 0 bridgehead atoms. The molecule has 0 unspecified atom stereocenters. The highest BCUT2D eigenvalue weighted by Crippen LogP contribution is 2.31. The van der Waals surface area contributed by atoms with E-state index >= 15 is 0 Å². The van der Waals surface area contributed by atoms with Gasteiger partial charge < -0.3 is 14.8 Å². The fourth-order valence-electron chi connectivity index (χ4n) is 2.79.